The second-order valence-electron chi connectivity index (χ2n) is 4.04. The number of nitrogens with zero attached hydrogens (tertiary/aromatic N) is 1. The van der Waals surface area contributed by atoms with Gasteiger partial charge in [0.1, 0.15) is 0 Å². The number of amides is 2. The summed E-state index contributed by atoms with van der Waals surface area (Å²) in [5.74, 6) is -0.451. The maximum absolute atomic E-state index is 11.4. The number of hydrazone groups is 1. The first kappa shape index (κ1) is 17.2. The van der Waals surface area contributed by atoms with Gasteiger partial charge in [0.25, 0.3) is 0 Å². The minimum Gasteiger partial charge on any atom is -0.493 e. The van der Waals surface area contributed by atoms with Crippen molar-refractivity contribution in [2.24, 2.45) is 5.10 Å². The topological polar surface area (TPSA) is 89.0 Å². The van der Waals surface area contributed by atoms with Crippen LogP contribution in [0, 0.1) is 0 Å². The van der Waals surface area contributed by atoms with Crippen LogP contribution in [0.25, 0.3) is 0 Å². The van der Waals surface area contributed by atoms with Crippen molar-refractivity contribution in [1.82, 2.24) is 10.7 Å². The van der Waals surface area contributed by atoms with Gasteiger partial charge in [-0.1, -0.05) is 6.08 Å². The molecule has 0 aliphatic carbocycles. The van der Waals surface area contributed by atoms with E-state index < -0.39 is 11.8 Å². The van der Waals surface area contributed by atoms with Gasteiger partial charge in [0.2, 0.25) is 0 Å². The van der Waals surface area contributed by atoms with Gasteiger partial charge in [-0.05, 0) is 30.7 Å². The van der Waals surface area contributed by atoms with Crippen LogP contribution < -0.4 is 20.2 Å². The maximum Gasteiger partial charge on any atom is 0.329 e. The van der Waals surface area contributed by atoms with Gasteiger partial charge in [-0.25, -0.2) is 5.43 Å². The van der Waals surface area contributed by atoms with Gasteiger partial charge in [-0.2, -0.15) is 5.10 Å². The molecule has 1 aromatic carbocycles. The predicted octanol–water partition coefficient (Wildman–Crippen LogP) is 0.846. The van der Waals surface area contributed by atoms with Gasteiger partial charge in [-0.3, -0.25) is 9.59 Å². The molecule has 0 aromatic heterocycles. The van der Waals surface area contributed by atoms with Crippen LogP contribution in [0.4, 0.5) is 0 Å². The second-order valence-corrected chi connectivity index (χ2v) is 4.04. The molecule has 1 rings (SSSR count). The molecule has 0 bridgehead atoms. The molecule has 0 aliphatic heterocycles. The van der Waals surface area contributed by atoms with Gasteiger partial charge in [0.15, 0.2) is 11.5 Å². The molecule has 0 fully saturated rings. The molecule has 7 heteroatoms. The van der Waals surface area contributed by atoms with E-state index in [9.17, 15) is 9.59 Å². The van der Waals surface area contributed by atoms with Crippen LogP contribution in [-0.2, 0) is 9.59 Å². The van der Waals surface area contributed by atoms with Crippen LogP contribution in [-0.4, -0.2) is 38.3 Å². The normalized spacial score (nSPS) is 10.1. The van der Waals surface area contributed by atoms with Crippen molar-refractivity contribution in [3.05, 3.63) is 36.4 Å². The molecule has 118 valence electrons. The zero-order valence-corrected chi connectivity index (χ0v) is 12.6. The Kier molecular flexibility index (Phi) is 7.18. The summed E-state index contributed by atoms with van der Waals surface area (Å²) in [6, 6.07) is 5.20. The molecule has 2 amide bonds. The molecule has 7 nitrogen and oxygen atoms in total. The fraction of sp³-hybridized carbons (Fsp3) is 0.267. The Balaban J connectivity index is 2.64. The van der Waals surface area contributed by atoms with Crippen molar-refractivity contribution in [3.63, 3.8) is 0 Å². The molecular weight excluding hydrogens is 286 g/mol. The lowest BCUT2D eigenvalue weighted by Crippen LogP contribution is -2.37. The highest BCUT2D eigenvalue weighted by Gasteiger charge is 2.10. The number of ether oxygens (including phenoxy) is 2. The number of rotatable bonds is 7. The first-order chi connectivity index (χ1) is 10.6. The van der Waals surface area contributed by atoms with Crippen molar-refractivity contribution >= 4 is 18.0 Å². The van der Waals surface area contributed by atoms with Crippen LogP contribution in [0.1, 0.15) is 12.5 Å². The molecule has 0 saturated carbocycles. The fourth-order valence-corrected chi connectivity index (χ4v) is 1.50. The van der Waals surface area contributed by atoms with E-state index >= 15 is 0 Å². The average Bonchev–Trinajstić information content (AvgIpc) is 2.53. The van der Waals surface area contributed by atoms with E-state index in [1.165, 1.54) is 19.4 Å². The lowest BCUT2D eigenvalue weighted by Gasteiger charge is -2.09. The molecule has 0 saturated heterocycles. The Labute approximate surface area is 129 Å². The van der Waals surface area contributed by atoms with E-state index in [4.69, 9.17) is 9.47 Å². The van der Waals surface area contributed by atoms with Crippen molar-refractivity contribution in [2.45, 2.75) is 6.92 Å². The third-order valence-corrected chi connectivity index (χ3v) is 2.48. The number of methoxy groups -OCH3 is 1. The highest BCUT2D eigenvalue weighted by atomic mass is 16.5. The van der Waals surface area contributed by atoms with E-state index in [0.717, 1.165) is 0 Å². The first-order valence-electron chi connectivity index (χ1n) is 6.65. The highest BCUT2D eigenvalue weighted by molar-refractivity contribution is 6.35. The Morgan fingerprint density at radius 2 is 2.09 bits per heavy atom. The SMILES string of the molecule is C=CCNC(=O)C(=O)N/N=C\c1ccc(OCC)c(OC)c1. The third kappa shape index (κ3) is 5.28. The molecule has 0 spiro atoms. The van der Waals surface area contributed by atoms with E-state index in [-0.39, 0.29) is 6.54 Å². The number of carbonyl (C=O) groups is 2. The standard InChI is InChI=1S/C15H19N3O4/c1-4-8-16-14(19)15(20)18-17-10-11-6-7-12(22-5-2)13(9-11)21-3/h4,6-7,9-10H,1,5,8H2,2-3H3,(H,16,19)(H,18,20)/b17-10-. The molecule has 1 aromatic rings. The lowest BCUT2D eigenvalue weighted by atomic mass is 10.2. The van der Waals surface area contributed by atoms with Gasteiger partial charge >= 0.3 is 11.8 Å². The minimum atomic E-state index is -0.851. The summed E-state index contributed by atoms with van der Waals surface area (Å²) in [5, 5.41) is 6.06. The molecule has 0 heterocycles. The van der Waals surface area contributed by atoms with Gasteiger partial charge in [0, 0.05) is 6.54 Å². The minimum absolute atomic E-state index is 0.214. The Bertz CT molecular complexity index is 570. The predicted molar refractivity (Wildman–Crippen MR) is 83.1 cm³/mol. The van der Waals surface area contributed by atoms with Crippen LogP contribution in [0.2, 0.25) is 0 Å². The molecule has 22 heavy (non-hydrogen) atoms. The molecule has 0 atom stereocenters. The van der Waals surface area contributed by atoms with Crippen molar-refractivity contribution in [2.75, 3.05) is 20.3 Å². The Morgan fingerprint density at radius 3 is 2.73 bits per heavy atom. The summed E-state index contributed by atoms with van der Waals surface area (Å²) in [6.07, 6.45) is 2.87. The monoisotopic (exact) mass is 305 g/mol. The van der Waals surface area contributed by atoms with Crippen LogP contribution in [0.15, 0.2) is 36.0 Å². The zero-order valence-electron chi connectivity index (χ0n) is 12.6. The average molecular weight is 305 g/mol. The first-order valence-corrected chi connectivity index (χ1v) is 6.65. The van der Waals surface area contributed by atoms with Gasteiger partial charge in [0.05, 0.1) is 19.9 Å². The zero-order chi connectivity index (χ0) is 16.4. The second kappa shape index (κ2) is 9.17. The summed E-state index contributed by atoms with van der Waals surface area (Å²) in [5.41, 5.74) is 2.82. The van der Waals surface area contributed by atoms with Crippen molar-refractivity contribution < 1.29 is 19.1 Å². The van der Waals surface area contributed by atoms with E-state index in [1.807, 2.05) is 6.92 Å². The van der Waals surface area contributed by atoms with E-state index in [2.05, 4.69) is 22.4 Å². The number of carbonyl (C=O) groups excluding carboxylic acids is 2. The molecular formula is C15H19N3O4. The van der Waals surface area contributed by atoms with Gasteiger partial charge < -0.3 is 14.8 Å². The Hall–Kier alpha value is -2.83. The summed E-state index contributed by atoms with van der Waals surface area (Å²) in [6.45, 7) is 6.05. The Morgan fingerprint density at radius 1 is 1.32 bits per heavy atom. The largest absolute Gasteiger partial charge is 0.493 e. The lowest BCUT2D eigenvalue weighted by molar-refractivity contribution is -0.139. The molecule has 0 unspecified atom stereocenters. The number of hydrogen-bond donors (Lipinski definition) is 2. The summed E-state index contributed by atoms with van der Waals surface area (Å²) in [4.78, 5) is 22.7. The number of hydrogen-bond acceptors (Lipinski definition) is 5. The van der Waals surface area contributed by atoms with Crippen LogP contribution >= 0.6 is 0 Å². The van der Waals surface area contributed by atoms with Crippen LogP contribution in [0.5, 0.6) is 11.5 Å². The quantitative estimate of drug-likeness (QED) is 0.338. The maximum atomic E-state index is 11.4. The summed E-state index contributed by atoms with van der Waals surface area (Å²) < 4.78 is 10.6. The molecule has 2 N–H and O–H groups in total. The van der Waals surface area contributed by atoms with Crippen LogP contribution in [0.3, 0.4) is 0 Å². The molecule has 0 aliphatic rings. The molecule has 0 radical (unpaired) electrons. The smallest absolute Gasteiger partial charge is 0.329 e. The van der Waals surface area contributed by atoms with Crippen molar-refractivity contribution in [3.8, 4) is 11.5 Å². The third-order valence-electron chi connectivity index (χ3n) is 2.48. The number of nitrogens with one attached hydrogen (secondary N) is 2. The number of benzene rings is 1. The van der Waals surface area contributed by atoms with E-state index in [1.54, 1.807) is 18.2 Å². The highest BCUT2D eigenvalue weighted by Crippen LogP contribution is 2.27. The summed E-state index contributed by atoms with van der Waals surface area (Å²) in [7, 11) is 1.53. The van der Waals surface area contributed by atoms with E-state index in [0.29, 0.717) is 23.7 Å². The van der Waals surface area contributed by atoms with Crippen molar-refractivity contribution in [1.29, 1.82) is 0 Å². The summed E-state index contributed by atoms with van der Waals surface area (Å²) >= 11 is 0. The van der Waals surface area contributed by atoms with Gasteiger partial charge in [-0.15, -0.1) is 6.58 Å². The fourth-order valence-electron chi connectivity index (χ4n) is 1.50.